The van der Waals surface area contributed by atoms with E-state index in [1.165, 1.54) is 11.7 Å². The van der Waals surface area contributed by atoms with Gasteiger partial charge in [0.1, 0.15) is 11.0 Å². The molecule has 3 heterocycles. The number of hydrogen-bond donors (Lipinski definition) is 1. The van der Waals surface area contributed by atoms with Gasteiger partial charge in [0, 0.05) is 32.6 Å². The molecule has 2 fully saturated rings. The van der Waals surface area contributed by atoms with Crippen LogP contribution in [0.2, 0.25) is 5.02 Å². The molecule has 2 saturated heterocycles. The van der Waals surface area contributed by atoms with E-state index in [4.69, 9.17) is 11.6 Å². The summed E-state index contributed by atoms with van der Waals surface area (Å²) in [5.74, 6) is -0.865. The number of piperidine rings is 1. The fourth-order valence-electron chi connectivity index (χ4n) is 4.28. The van der Waals surface area contributed by atoms with Gasteiger partial charge < -0.3 is 9.80 Å². The monoisotopic (exact) mass is 441 g/mol. The summed E-state index contributed by atoms with van der Waals surface area (Å²) in [5, 5.41) is 3.03. The number of nitrogens with zero attached hydrogens (tertiary/aromatic N) is 4. The summed E-state index contributed by atoms with van der Waals surface area (Å²) in [6, 6.07) is 11.9. The summed E-state index contributed by atoms with van der Waals surface area (Å²) < 4.78 is 8.79. The first-order chi connectivity index (χ1) is 14.6. The van der Waals surface area contributed by atoms with Gasteiger partial charge in [0.05, 0.1) is 34.0 Å². The first-order valence-electron chi connectivity index (χ1n) is 9.95. The van der Waals surface area contributed by atoms with Crippen molar-refractivity contribution >= 4 is 57.6 Å². The van der Waals surface area contributed by atoms with Gasteiger partial charge in [-0.2, -0.15) is 8.75 Å². The zero-order valence-corrected chi connectivity index (χ0v) is 17.7. The molecule has 1 atom stereocenters. The Kier molecular flexibility index (Phi) is 5.04. The van der Waals surface area contributed by atoms with Crippen LogP contribution in [0, 0.1) is 0 Å². The molecule has 1 aromatic heterocycles. The van der Waals surface area contributed by atoms with Crippen LogP contribution in [0.15, 0.2) is 36.4 Å². The van der Waals surface area contributed by atoms with Crippen LogP contribution in [0.25, 0.3) is 11.0 Å². The molecule has 2 aliphatic rings. The number of benzene rings is 2. The second-order valence-corrected chi connectivity index (χ2v) is 8.47. The molecule has 5 rings (SSSR count). The standard InChI is InChI=1S/C21H20ClN5O2S/c22-19-13(14-7-8-18(28)23-21(14)29)3-1-5-16(19)26-9-11-27(12-10-26)17-6-2-4-15-20(17)25-30-24-15/h1-6,14H,7-12H2,(H,23,28,29). The third kappa shape index (κ3) is 3.40. The molecule has 154 valence electrons. The van der Waals surface area contributed by atoms with E-state index < -0.39 is 0 Å². The minimum Gasteiger partial charge on any atom is -0.367 e. The molecule has 2 aromatic carbocycles. The summed E-state index contributed by atoms with van der Waals surface area (Å²) in [6.45, 7) is 3.31. The predicted molar refractivity (Wildman–Crippen MR) is 118 cm³/mol. The van der Waals surface area contributed by atoms with Gasteiger partial charge in [-0.25, -0.2) is 0 Å². The maximum atomic E-state index is 12.3. The van der Waals surface area contributed by atoms with E-state index in [1.54, 1.807) is 0 Å². The van der Waals surface area contributed by atoms with Crippen molar-refractivity contribution in [3.8, 4) is 0 Å². The molecule has 7 nitrogen and oxygen atoms in total. The molecule has 0 bridgehead atoms. The normalized spacial score (nSPS) is 20.0. The van der Waals surface area contributed by atoms with Crippen molar-refractivity contribution in [3.63, 3.8) is 0 Å². The second kappa shape index (κ2) is 7.85. The Morgan fingerprint density at radius 2 is 1.67 bits per heavy atom. The van der Waals surface area contributed by atoms with E-state index >= 15 is 0 Å². The maximum absolute atomic E-state index is 12.3. The Morgan fingerprint density at radius 1 is 0.967 bits per heavy atom. The molecule has 0 spiro atoms. The van der Waals surface area contributed by atoms with Gasteiger partial charge in [-0.1, -0.05) is 29.8 Å². The van der Waals surface area contributed by atoms with Crippen molar-refractivity contribution in [3.05, 3.63) is 47.0 Å². The van der Waals surface area contributed by atoms with Crippen molar-refractivity contribution in [2.75, 3.05) is 36.0 Å². The van der Waals surface area contributed by atoms with E-state index in [0.29, 0.717) is 17.9 Å². The Labute approximate surface area is 183 Å². The van der Waals surface area contributed by atoms with Crippen LogP contribution in [0.1, 0.15) is 24.3 Å². The molecule has 30 heavy (non-hydrogen) atoms. The number of halogens is 1. The highest BCUT2D eigenvalue weighted by Crippen LogP contribution is 2.37. The van der Waals surface area contributed by atoms with Crippen LogP contribution in [-0.4, -0.2) is 46.7 Å². The average Bonchev–Trinajstić information content (AvgIpc) is 3.24. The quantitative estimate of drug-likeness (QED) is 0.629. The van der Waals surface area contributed by atoms with Crippen LogP contribution in [0.3, 0.4) is 0 Å². The first-order valence-corrected chi connectivity index (χ1v) is 11.1. The van der Waals surface area contributed by atoms with Crippen LogP contribution < -0.4 is 15.1 Å². The number of carbonyl (C=O) groups is 2. The fraction of sp³-hybridized carbons (Fsp3) is 0.333. The van der Waals surface area contributed by atoms with Crippen LogP contribution >= 0.6 is 23.3 Å². The van der Waals surface area contributed by atoms with E-state index in [0.717, 1.165) is 54.2 Å². The minimum absolute atomic E-state index is 0.218. The van der Waals surface area contributed by atoms with Gasteiger partial charge in [0.2, 0.25) is 11.8 Å². The number of carbonyl (C=O) groups excluding carboxylic acids is 2. The zero-order valence-electron chi connectivity index (χ0n) is 16.2. The van der Waals surface area contributed by atoms with Crippen molar-refractivity contribution in [1.82, 2.24) is 14.1 Å². The van der Waals surface area contributed by atoms with Crippen LogP contribution in [-0.2, 0) is 9.59 Å². The SMILES string of the molecule is O=C1CCC(c2cccc(N3CCN(c4cccc5nsnc45)CC3)c2Cl)C(=O)N1. The summed E-state index contributed by atoms with van der Waals surface area (Å²) >= 11 is 7.99. The Hall–Kier alpha value is -2.71. The second-order valence-electron chi connectivity index (χ2n) is 7.57. The van der Waals surface area contributed by atoms with E-state index in [-0.39, 0.29) is 17.7 Å². The molecule has 0 saturated carbocycles. The molecule has 0 radical (unpaired) electrons. The number of anilines is 2. The molecule has 1 N–H and O–H groups in total. The third-order valence-corrected chi connectivity index (χ3v) is 6.80. The van der Waals surface area contributed by atoms with Crippen molar-refractivity contribution in [2.24, 2.45) is 0 Å². The molecule has 0 aliphatic carbocycles. The Morgan fingerprint density at radius 3 is 2.43 bits per heavy atom. The highest BCUT2D eigenvalue weighted by Gasteiger charge is 2.31. The lowest BCUT2D eigenvalue weighted by Gasteiger charge is -2.38. The molecule has 3 aromatic rings. The number of amides is 2. The lowest BCUT2D eigenvalue weighted by molar-refractivity contribution is -0.134. The highest BCUT2D eigenvalue weighted by molar-refractivity contribution is 7.00. The summed E-state index contributed by atoms with van der Waals surface area (Å²) in [5.41, 5.74) is 4.73. The molecular formula is C21H20ClN5O2S. The van der Waals surface area contributed by atoms with Gasteiger partial charge in [0.25, 0.3) is 0 Å². The first kappa shape index (κ1) is 19.3. The minimum atomic E-state index is -0.383. The van der Waals surface area contributed by atoms with Gasteiger partial charge in [-0.05, 0) is 30.2 Å². The van der Waals surface area contributed by atoms with Gasteiger partial charge in [0.15, 0.2) is 0 Å². The van der Waals surface area contributed by atoms with Crippen molar-refractivity contribution in [1.29, 1.82) is 0 Å². The van der Waals surface area contributed by atoms with E-state index in [2.05, 4.69) is 29.9 Å². The predicted octanol–water partition coefficient (Wildman–Crippen LogP) is 3.19. The summed E-state index contributed by atoms with van der Waals surface area (Å²) in [4.78, 5) is 28.4. The number of aromatic nitrogens is 2. The Balaban J connectivity index is 1.35. The van der Waals surface area contributed by atoms with E-state index in [1.807, 2.05) is 30.3 Å². The number of piperazine rings is 1. The number of rotatable bonds is 3. The van der Waals surface area contributed by atoms with Crippen molar-refractivity contribution in [2.45, 2.75) is 18.8 Å². The zero-order chi connectivity index (χ0) is 20.7. The Bertz CT molecular complexity index is 1130. The largest absolute Gasteiger partial charge is 0.367 e. The maximum Gasteiger partial charge on any atom is 0.234 e. The number of hydrogen-bond acceptors (Lipinski definition) is 7. The van der Waals surface area contributed by atoms with E-state index in [9.17, 15) is 9.59 Å². The third-order valence-electron chi connectivity index (χ3n) is 5.85. The molecule has 2 amide bonds. The lowest BCUT2D eigenvalue weighted by Crippen LogP contribution is -2.46. The number of imide groups is 1. The number of fused-ring (bicyclic) bond motifs is 1. The smallest absolute Gasteiger partial charge is 0.234 e. The molecule has 1 unspecified atom stereocenters. The summed E-state index contributed by atoms with van der Waals surface area (Å²) in [7, 11) is 0. The summed E-state index contributed by atoms with van der Waals surface area (Å²) in [6.07, 6.45) is 0.833. The van der Waals surface area contributed by atoms with Crippen LogP contribution in [0.5, 0.6) is 0 Å². The van der Waals surface area contributed by atoms with Crippen molar-refractivity contribution < 1.29 is 9.59 Å². The topological polar surface area (TPSA) is 78.4 Å². The number of nitrogens with one attached hydrogen (secondary N) is 1. The average molecular weight is 442 g/mol. The molecular weight excluding hydrogens is 422 g/mol. The lowest BCUT2D eigenvalue weighted by atomic mass is 9.90. The molecule has 9 heteroatoms. The fourth-order valence-corrected chi connectivity index (χ4v) is 5.20. The molecule has 2 aliphatic heterocycles. The van der Waals surface area contributed by atoms with Gasteiger partial charge in [-0.3, -0.25) is 14.9 Å². The van der Waals surface area contributed by atoms with Gasteiger partial charge in [-0.15, -0.1) is 0 Å². The van der Waals surface area contributed by atoms with Gasteiger partial charge >= 0.3 is 0 Å². The highest BCUT2D eigenvalue weighted by atomic mass is 35.5. The van der Waals surface area contributed by atoms with Crippen LogP contribution in [0.4, 0.5) is 11.4 Å².